The normalized spacial score (nSPS) is 14.3. The first-order valence-corrected chi connectivity index (χ1v) is 9.02. The van der Waals surface area contributed by atoms with E-state index in [2.05, 4.69) is 6.92 Å². The van der Waals surface area contributed by atoms with E-state index in [0.717, 1.165) is 37.9 Å². The summed E-state index contributed by atoms with van der Waals surface area (Å²) in [4.78, 5) is 12.0. The van der Waals surface area contributed by atoms with E-state index in [-0.39, 0.29) is 17.3 Å². The maximum atomic E-state index is 13.1. The van der Waals surface area contributed by atoms with Crippen molar-refractivity contribution >= 4 is 17.7 Å². The van der Waals surface area contributed by atoms with Gasteiger partial charge in [0.2, 0.25) is 0 Å². The van der Waals surface area contributed by atoms with E-state index in [4.69, 9.17) is 4.74 Å². The maximum absolute atomic E-state index is 13.1. The number of halogens is 1. The summed E-state index contributed by atoms with van der Waals surface area (Å²) in [6, 6.07) is 0. The minimum Gasteiger partial charge on any atom is -0.462 e. The van der Waals surface area contributed by atoms with Crippen LogP contribution >= 0.6 is 11.8 Å². The molecular weight excluding hydrogens is 275 g/mol. The molecule has 0 aliphatic carbocycles. The fourth-order valence-electron chi connectivity index (χ4n) is 1.86. The number of ether oxygens (including phenoxy) is 1. The Balaban J connectivity index is 3.94. The predicted molar refractivity (Wildman–Crippen MR) is 86.0 cm³/mol. The lowest BCUT2D eigenvalue weighted by Crippen LogP contribution is -2.24. The van der Waals surface area contributed by atoms with Gasteiger partial charge in [-0.05, 0) is 51.7 Å². The molecule has 0 amide bonds. The standard InChI is InChI=1S/C16H31FO2S/c1-5-7-11-15(16(18)19-13(3)4)20-12-9-8-10-14(17)6-2/h13-15H,5-12H2,1-4H3. The van der Waals surface area contributed by atoms with Gasteiger partial charge in [-0.1, -0.05) is 26.7 Å². The third kappa shape index (κ3) is 10.5. The summed E-state index contributed by atoms with van der Waals surface area (Å²) in [6.45, 7) is 7.76. The van der Waals surface area contributed by atoms with E-state index in [1.807, 2.05) is 20.8 Å². The SMILES string of the molecule is CCCCC(SCCCCC(F)CC)C(=O)OC(C)C. The van der Waals surface area contributed by atoms with E-state index in [9.17, 15) is 9.18 Å². The highest BCUT2D eigenvalue weighted by atomic mass is 32.2. The van der Waals surface area contributed by atoms with Crippen molar-refractivity contribution in [1.29, 1.82) is 0 Å². The summed E-state index contributed by atoms with van der Waals surface area (Å²) >= 11 is 1.67. The lowest BCUT2D eigenvalue weighted by atomic mass is 10.1. The Hall–Kier alpha value is -0.250. The lowest BCUT2D eigenvalue weighted by Gasteiger charge is -2.17. The molecule has 0 N–H and O–H groups in total. The Labute approximate surface area is 128 Å². The smallest absolute Gasteiger partial charge is 0.319 e. The number of unbranched alkanes of at least 4 members (excludes halogenated alkanes) is 2. The van der Waals surface area contributed by atoms with Crippen LogP contribution in [0.1, 0.15) is 72.6 Å². The lowest BCUT2D eigenvalue weighted by molar-refractivity contribution is -0.146. The molecule has 0 heterocycles. The van der Waals surface area contributed by atoms with Gasteiger partial charge in [0.05, 0.1) is 12.3 Å². The average molecular weight is 306 g/mol. The summed E-state index contributed by atoms with van der Waals surface area (Å²) in [7, 11) is 0. The van der Waals surface area contributed by atoms with Gasteiger partial charge in [0.25, 0.3) is 0 Å². The van der Waals surface area contributed by atoms with Gasteiger partial charge < -0.3 is 4.74 Å². The van der Waals surface area contributed by atoms with Crippen LogP contribution in [0.3, 0.4) is 0 Å². The molecule has 0 aromatic carbocycles. The Bertz CT molecular complexity index is 247. The van der Waals surface area contributed by atoms with Gasteiger partial charge in [-0.15, -0.1) is 11.8 Å². The molecule has 2 nitrogen and oxygen atoms in total. The molecule has 0 aliphatic heterocycles. The molecule has 0 radical (unpaired) electrons. The van der Waals surface area contributed by atoms with Gasteiger partial charge in [-0.25, -0.2) is 4.39 Å². The first-order valence-electron chi connectivity index (χ1n) is 7.97. The third-order valence-electron chi connectivity index (χ3n) is 3.11. The van der Waals surface area contributed by atoms with Gasteiger partial charge in [0.15, 0.2) is 0 Å². The summed E-state index contributed by atoms with van der Waals surface area (Å²) in [5, 5.41) is -0.0512. The van der Waals surface area contributed by atoms with Crippen LogP contribution < -0.4 is 0 Å². The molecule has 0 saturated carbocycles. The molecule has 0 bridgehead atoms. The Morgan fingerprint density at radius 1 is 1.15 bits per heavy atom. The Morgan fingerprint density at radius 3 is 2.40 bits per heavy atom. The molecule has 20 heavy (non-hydrogen) atoms. The van der Waals surface area contributed by atoms with Gasteiger partial charge in [0, 0.05) is 0 Å². The zero-order chi connectivity index (χ0) is 15.4. The minimum atomic E-state index is -0.665. The molecule has 0 rings (SSSR count). The molecule has 0 aromatic rings. The number of rotatable bonds is 12. The molecular formula is C16H31FO2S. The largest absolute Gasteiger partial charge is 0.462 e. The topological polar surface area (TPSA) is 26.3 Å². The number of hydrogen-bond acceptors (Lipinski definition) is 3. The highest BCUT2D eigenvalue weighted by Gasteiger charge is 2.20. The first kappa shape index (κ1) is 19.8. The highest BCUT2D eigenvalue weighted by Crippen LogP contribution is 2.22. The van der Waals surface area contributed by atoms with Crippen LogP contribution in [-0.2, 0) is 9.53 Å². The molecule has 2 unspecified atom stereocenters. The number of esters is 1. The van der Waals surface area contributed by atoms with Gasteiger partial charge in [0.1, 0.15) is 5.25 Å². The summed E-state index contributed by atoms with van der Waals surface area (Å²) in [5.74, 6) is 0.827. The number of carbonyl (C=O) groups excluding carboxylic acids is 1. The zero-order valence-corrected chi connectivity index (χ0v) is 14.3. The summed E-state index contributed by atoms with van der Waals surface area (Å²) < 4.78 is 18.4. The number of hydrogen-bond donors (Lipinski definition) is 0. The van der Waals surface area contributed by atoms with E-state index in [1.165, 1.54) is 0 Å². The van der Waals surface area contributed by atoms with Crippen molar-refractivity contribution < 1.29 is 13.9 Å². The van der Waals surface area contributed by atoms with Crippen molar-refractivity contribution in [1.82, 2.24) is 0 Å². The minimum absolute atomic E-state index is 0.0512. The molecule has 0 saturated heterocycles. The average Bonchev–Trinajstić information content (AvgIpc) is 2.40. The molecule has 0 aliphatic rings. The summed E-state index contributed by atoms with van der Waals surface area (Å²) in [5.41, 5.74) is 0. The van der Waals surface area contributed by atoms with Crippen LogP contribution in [0.2, 0.25) is 0 Å². The van der Waals surface area contributed by atoms with Crippen molar-refractivity contribution in [3.63, 3.8) is 0 Å². The first-order chi connectivity index (χ1) is 9.51. The predicted octanol–water partition coefficient (Wildman–Crippen LogP) is 5.15. The van der Waals surface area contributed by atoms with Crippen LogP contribution in [-0.4, -0.2) is 29.2 Å². The Morgan fingerprint density at radius 2 is 1.85 bits per heavy atom. The molecule has 0 fully saturated rings. The van der Waals surface area contributed by atoms with Crippen LogP contribution in [0.4, 0.5) is 4.39 Å². The molecule has 2 atom stereocenters. The monoisotopic (exact) mass is 306 g/mol. The molecule has 0 aromatic heterocycles. The summed E-state index contributed by atoms with van der Waals surface area (Å²) in [6.07, 6.45) is 5.43. The van der Waals surface area contributed by atoms with Crippen LogP contribution in [0.15, 0.2) is 0 Å². The van der Waals surface area contributed by atoms with Crippen LogP contribution in [0, 0.1) is 0 Å². The maximum Gasteiger partial charge on any atom is 0.319 e. The fourth-order valence-corrected chi connectivity index (χ4v) is 3.04. The number of carbonyl (C=O) groups is 1. The van der Waals surface area contributed by atoms with Crippen LogP contribution in [0.5, 0.6) is 0 Å². The highest BCUT2D eigenvalue weighted by molar-refractivity contribution is 8.00. The van der Waals surface area contributed by atoms with Crippen molar-refractivity contribution in [2.24, 2.45) is 0 Å². The third-order valence-corrected chi connectivity index (χ3v) is 4.46. The van der Waals surface area contributed by atoms with Gasteiger partial charge >= 0.3 is 5.97 Å². The fraction of sp³-hybridized carbons (Fsp3) is 0.938. The van der Waals surface area contributed by atoms with Crippen molar-refractivity contribution in [2.75, 3.05) is 5.75 Å². The van der Waals surface area contributed by atoms with Crippen LogP contribution in [0.25, 0.3) is 0 Å². The van der Waals surface area contributed by atoms with Gasteiger partial charge in [-0.2, -0.15) is 0 Å². The molecule has 120 valence electrons. The number of alkyl halides is 1. The quantitative estimate of drug-likeness (QED) is 0.368. The van der Waals surface area contributed by atoms with Crippen molar-refractivity contribution in [3.8, 4) is 0 Å². The molecule has 0 spiro atoms. The van der Waals surface area contributed by atoms with Crippen molar-refractivity contribution in [3.05, 3.63) is 0 Å². The van der Waals surface area contributed by atoms with E-state index in [0.29, 0.717) is 12.8 Å². The van der Waals surface area contributed by atoms with E-state index in [1.54, 1.807) is 11.8 Å². The van der Waals surface area contributed by atoms with E-state index < -0.39 is 6.17 Å². The van der Waals surface area contributed by atoms with Gasteiger partial charge in [-0.3, -0.25) is 4.79 Å². The number of thioether (sulfide) groups is 1. The molecule has 4 heteroatoms. The second-order valence-corrected chi connectivity index (χ2v) is 6.80. The van der Waals surface area contributed by atoms with Crippen molar-refractivity contribution in [2.45, 2.75) is 90.2 Å². The Kier molecular flexibility index (Phi) is 12.3. The second-order valence-electron chi connectivity index (χ2n) is 5.49. The zero-order valence-electron chi connectivity index (χ0n) is 13.5. The van der Waals surface area contributed by atoms with E-state index >= 15 is 0 Å². The second kappa shape index (κ2) is 12.5.